The molecular formula is C13H19NO. The Morgan fingerprint density at radius 1 is 1.27 bits per heavy atom. The number of anilines is 1. The zero-order valence-electron chi connectivity index (χ0n) is 9.92. The minimum absolute atomic E-state index is 0.101. The number of benzene rings is 1. The van der Waals surface area contributed by atoms with E-state index < -0.39 is 0 Å². The molecule has 0 spiro atoms. The first-order chi connectivity index (χ1) is 7.00. The van der Waals surface area contributed by atoms with Crippen LogP contribution in [0.3, 0.4) is 0 Å². The van der Waals surface area contributed by atoms with Crippen LogP contribution in [0.5, 0.6) is 0 Å². The van der Waals surface area contributed by atoms with Crippen molar-refractivity contribution in [1.29, 1.82) is 0 Å². The van der Waals surface area contributed by atoms with Crippen molar-refractivity contribution in [2.24, 2.45) is 5.92 Å². The molecule has 0 fully saturated rings. The van der Waals surface area contributed by atoms with Gasteiger partial charge in [-0.05, 0) is 37.1 Å². The molecule has 2 nitrogen and oxygen atoms in total. The van der Waals surface area contributed by atoms with Crippen LogP contribution in [0.1, 0.15) is 25.0 Å². The first kappa shape index (κ1) is 11.8. The van der Waals surface area contributed by atoms with Crippen molar-refractivity contribution in [2.45, 2.75) is 27.7 Å². The third kappa shape index (κ3) is 3.39. The maximum Gasteiger partial charge on any atom is 0.154 e. The Labute approximate surface area is 91.7 Å². The number of aryl methyl sites for hydroxylation is 2. The van der Waals surface area contributed by atoms with Gasteiger partial charge in [0.25, 0.3) is 0 Å². The fourth-order valence-electron chi connectivity index (χ4n) is 1.24. The second-order valence-electron chi connectivity index (χ2n) is 4.27. The molecule has 0 atom stereocenters. The summed E-state index contributed by atoms with van der Waals surface area (Å²) < 4.78 is 0. The fourth-order valence-corrected chi connectivity index (χ4v) is 1.24. The highest BCUT2D eigenvalue weighted by Crippen LogP contribution is 2.13. The van der Waals surface area contributed by atoms with Gasteiger partial charge in [0, 0.05) is 11.6 Å². The van der Waals surface area contributed by atoms with Gasteiger partial charge < -0.3 is 5.32 Å². The molecule has 0 aliphatic heterocycles. The molecule has 0 saturated carbocycles. The molecule has 0 saturated heterocycles. The van der Waals surface area contributed by atoms with Crippen LogP contribution in [0.2, 0.25) is 0 Å². The minimum atomic E-state index is 0.101. The molecule has 1 rings (SSSR count). The van der Waals surface area contributed by atoms with E-state index in [9.17, 15) is 4.79 Å². The zero-order valence-corrected chi connectivity index (χ0v) is 9.92. The highest BCUT2D eigenvalue weighted by atomic mass is 16.1. The summed E-state index contributed by atoms with van der Waals surface area (Å²) in [5.74, 6) is 0.345. The lowest BCUT2D eigenvalue weighted by atomic mass is 10.1. The van der Waals surface area contributed by atoms with Gasteiger partial charge in [0.15, 0.2) is 5.78 Å². The molecule has 0 radical (unpaired) electrons. The van der Waals surface area contributed by atoms with Gasteiger partial charge >= 0.3 is 0 Å². The molecule has 0 aromatic heterocycles. The van der Waals surface area contributed by atoms with Crippen LogP contribution in [-0.2, 0) is 4.79 Å². The van der Waals surface area contributed by atoms with Gasteiger partial charge in [-0.15, -0.1) is 0 Å². The summed E-state index contributed by atoms with van der Waals surface area (Å²) in [4.78, 5) is 11.4. The molecule has 1 aromatic rings. The van der Waals surface area contributed by atoms with E-state index >= 15 is 0 Å². The largest absolute Gasteiger partial charge is 0.378 e. The van der Waals surface area contributed by atoms with Gasteiger partial charge in [-0.25, -0.2) is 0 Å². The van der Waals surface area contributed by atoms with E-state index in [4.69, 9.17) is 0 Å². The van der Waals surface area contributed by atoms with Gasteiger partial charge in [0.1, 0.15) is 0 Å². The Morgan fingerprint density at radius 2 is 1.93 bits per heavy atom. The van der Waals surface area contributed by atoms with E-state index in [1.54, 1.807) is 0 Å². The second-order valence-corrected chi connectivity index (χ2v) is 4.27. The van der Waals surface area contributed by atoms with E-state index in [-0.39, 0.29) is 11.7 Å². The average Bonchev–Trinajstić information content (AvgIpc) is 2.19. The standard InChI is InChI=1S/C13H19NO/c1-9(2)13(15)8-14-12-6-5-10(3)11(4)7-12/h5-7,9,14H,8H2,1-4H3. The van der Waals surface area contributed by atoms with E-state index in [1.165, 1.54) is 11.1 Å². The number of Topliss-reactive ketones (excluding diaryl/α,β-unsaturated/α-hetero) is 1. The second kappa shape index (κ2) is 4.96. The molecule has 0 aliphatic carbocycles. The Hall–Kier alpha value is -1.31. The molecule has 0 heterocycles. The lowest BCUT2D eigenvalue weighted by Crippen LogP contribution is -2.18. The monoisotopic (exact) mass is 205 g/mol. The molecule has 0 bridgehead atoms. The lowest BCUT2D eigenvalue weighted by Gasteiger charge is -2.09. The molecule has 0 amide bonds. The Balaban J connectivity index is 2.58. The summed E-state index contributed by atoms with van der Waals surface area (Å²) in [5.41, 5.74) is 3.54. The van der Waals surface area contributed by atoms with Gasteiger partial charge in [-0.3, -0.25) is 4.79 Å². The van der Waals surface area contributed by atoms with Crippen LogP contribution in [0.4, 0.5) is 5.69 Å². The third-order valence-electron chi connectivity index (χ3n) is 2.62. The predicted octanol–water partition coefficient (Wildman–Crippen LogP) is 2.94. The highest BCUT2D eigenvalue weighted by Gasteiger charge is 2.06. The van der Waals surface area contributed by atoms with Gasteiger partial charge in [-0.2, -0.15) is 0 Å². The van der Waals surface area contributed by atoms with Crippen LogP contribution >= 0.6 is 0 Å². The van der Waals surface area contributed by atoms with Crippen molar-refractivity contribution < 1.29 is 4.79 Å². The first-order valence-electron chi connectivity index (χ1n) is 5.34. The van der Waals surface area contributed by atoms with Crippen molar-refractivity contribution in [1.82, 2.24) is 0 Å². The summed E-state index contributed by atoms with van der Waals surface area (Å²) in [6.07, 6.45) is 0. The molecule has 15 heavy (non-hydrogen) atoms. The summed E-state index contributed by atoms with van der Waals surface area (Å²) in [7, 11) is 0. The predicted molar refractivity (Wildman–Crippen MR) is 64.3 cm³/mol. The van der Waals surface area contributed by atoms with E-state index in [0.29, 0.717) is 6.54 Å². The third-order valence-corrected chi connectivity index (χ3v) is 2.62. The molecule has 0 unspecified atom stereocenters. The van der Waals surface area contributed by atoms with Gasteiger partial charge in [-0.1, -0.05) is 19.9 Å². The Morgan fingerprint density at radius 3 is 2.47 bits per heavy atom. The molecule has 2 heteroatoms. The Bertz CT molecular complexity index is 356. The summed E-state index contributed by atoms with van der Waals surface area (Å²) in [5, 5.41) is 3.14. The topological polar surface area (TPSA) is 29.1 Å². The number of rotatable bonds is 4. The lowest BCUT2D eigenvalue weighted by molar-refractivity contribution is -0.120. The van der Waals surface area contributed by atoms with Crippen LogP contribution in [0.25, 0.3) is 0 Å². The quantitative estimate of drug-likeness (QED) is 0.818. The van der Waals surface area contributed by atoms with E-state index in [0.717, 1.165) is 5.69 Å². The van der Waals surface area contributed by atoms with E-state index in [2.05, 4.69) is 31.3 Å². The summed E-state index contributed by atoms with van der Waals surface area (Å²) >= 11 is 0. The SMILES string of the molecule is Cc1ccc(NCC(=O)C(C)C)cc1C. The van der Waals surface area contributed by atoms with Crippen molar-refractivity contribution in [3.63, 3.8) is 0 Å². The number of ketones is 1. The van der Waals surface area contributed by atoms with Crippen molar-refractivity contribution >= 4 is 11.5 Å². The summed E-state index contributed by atoms with van der Waals surface area (Å²) in [6.45, 7) is 8.41. The van der Waals surface area contributed by atoms with Crippen LogP contribution in [0, 0.1) is 19.8 Å². The fraction of sp³-hybridized carbons (Fsp3) is 0.462. The number of hydrogen-bond donors (Lipinski definition) is 1. The Kier molecular flexibility index (Phi) is 3.89. The van der Waals surface area contributed by atoms with Gasteiger partial charge in [0.2, 0.25) is 0 Å². The number of nitrogens with one attached hydrogen (secondary N) is 1. The smallest absolute Gasteiger partial charge is 0.154 e. The van der Waals surface area contributed by atoms with Crippen molar-refractivity contribution in [3.05, 3.63) is 29.3 Å². The van der Waals surface area contributed by atoms with Crippen LogP contribution in [0.15, 0.2) is 18.2 Å². The highest BCUT2D eigenvalue weighted by molar-refractivity contribution is 5.84. The van der Waals surface area contributed by atoms with E-state index in [1.807, 2.05) is 19.9 Å². The maximum absolute atomic E-state index is 11.4. The first-order valence-corrected chi connectivity index (χ1v) is 5.34. The molecule has 1 aromatic carbocycles. The number of hydrogen-bond acceptors (Lipinski definition) is 2. The average molecular weight is 205 g/mol. The molecule has 82 valence electrons. The molecule has 0 aliphatic rings. The normalized spacial score (nSPS) is 10.5. The van der Waals surface area contributed by atoms with Crippen LogP contribution in [-0.4, -0.2) is 12.3 Å². The molecular weight excluding hydrogens is 186 g/mol. The summed E-state index contributed by atoms with van der Waals surface area (Å²) in [6, 6.07) is 6.15. The maximum atomic E-state index is 11.4. The van der Waals surface area contributed by atoms with Crippen LogP contribution < -0.4 is 5.32 Å². The molecule has 1 N–H and O–H groups in total. The zero-order chi connectivity index (χ0) is 11.4. The minimum Gasteiger partial charge on any atom is -0.378 e. The number of carbonyl (C=O) groups is 1. The van der Waals surface area contributed by atoms with Crippen molar-refractivity contribution in [2.75, 3.05) is 11.9 Å². The number of carbonyl (C=O) groups excluding carboxylic acids is 1. The van der Waals surface area contributed by atoms with Crippen molar-refractivity contribution in [3.8, 4) is 0 Å². The van der Waals surface area contributed by atoms with Gasteiger partial charge in [0.05, 0.1) is 6.54 Å².